The van der Waals surface area contributed by atoms with Crippen LogP contribution in [-0.4, -0.2) is 29.5 Å². The van der Waals surface area contributed by atoms with Gasteiger partial charge in [-0.3, -0.25) is 4.99 Å². The molecule has 2 N–H and O–H groups in total. The zero-order chi connectivity index (χ0) is 9.68. The van der Waals surface area contributed by atoms with Gasteiger partial charge in [-0.15, -0.1) is 0 Å². The maximum absolute atomic E-state index is 10.7. The zero-order valence-corrected chi connectivity index (χ0v) is 7.92. The summed E-state index contributed by atoms with van der Waals surface area (Å²) in [6.07, 6.45) is 3.38. The normalized spacial score (nSPS) is 22.8. The number of nitrogens with zero attached hydrogens (tertiary/aromatic N) is 1. The molecule has 1 rings (SSSR count). The number of aliphatic carboxylic acids is 1. The third kappa shape index (κ3) is 3.05. The molecule has 1 atom stereocenters. The SMILES string of the molecule is CCCC1=N[C@H](C(=O)O)CCCN1. The molecule has 0 saturated carbocycles. The van der Waals surface area contributed by atoms with Crippen LogP contribution >= 0.6 is 0 Å². The minimum atomic E-state index is -0.808. The van der Waals surface area contributed by atoms with Crippen LogP contribution in [0.15, 0.2) is 4.99 Å². The molecule has 0 aromatic rings. The van der Waals surface area contributed by atoms with Crippen molar-refractivity contribution in [3.8, 4) is 0 Å². The summed E-state index contributed by atoms with van der Waals surface area (Å²) in [5.74, 6) is 0.0460. The molecule has 0 unspecified atom stereocenters. The first-order valence-electron chi connectivity index (χ1n) is 4.77. The van der Waals surface area contributed by atoms with Crippen LogP contribution in [0.5, 0.6) is 0 Å². The summed E-state index contributed by atoms with van der Waals surface area (Å²) in [7, 11) is 0. The minimum Gasteiger partial charge on any atom is -0.480 e. The van der Waals surface area contributed by atoms with Crippen LogP contribution in [0.4, 0.5) is 0 Å². The number of nitrogens with one attached hydrogen (secondary N) is 1. The highest BCUT2D eigenvalue weighted by Crippen LogP contribution is 2.07. The fourth-order valence-corrected chi connectivity index (χ4v) is 1.39. The van der Waals surface area contributed by atoms with Gasteiger partial charge < -0.3 is 10.4 Å². The van der Waals surface area contributed by atoms with E-state index in [1.54, 1.807) is 0 Å². The van der Waals surface area contributed by atoms with Gasteiger partial charge in [0, 0.05) is 13.0 Å². The lowest BCUT2D eigenvalue weighted by molar-refractivity contribution is -0.138. The molecule has 0 spiro atoms. The van der Waals surface area contributed by atoms with Crippen molar-refractivity contribution in [3.63, 3.8) is 0 Å². The summed E-state index contributed by atoms with van der Waals surface area (Å²) < 4.78 is 0. The van der Waals surface area contributed by atoms with Crippen molar-refractivity contribution >= 4 is 11.8 Å². The van der Waals surface area contributed by atoms with Crippen LogP contribution < -0.4 is 5.32 Å². The van der Waals surface area contributed by atoms with E-state index in [1.807, 2.05) is 0 Å². The molecule has 0 aromatic carbocycles. The van der Waals surface area contributed by atoms with E-state index < -0.39 is 12.0 Å². The number of amidine groups is 1. The second-order valence-corrected chi connectivity index (χ2v) is 3.25. The van der Waals surface area contributed by atoms with E-state index in [1.165, 1.54) is 0 Å². The summed E-state index contributed by atoms with van der Waals surface area (Å²) in [6, 6.07) is -0.531. The molecule has 0 bridgehead atoms. The quantitative estimate of drug-likeness (QED) is 0.688. The van der Waals surface area contributed by atoms with E-state index >= 15 is 0 Å². The third-order valence-electron chi connectivity index (χ3n) is 2.07. The Kier molecular flexibility index (Phi) is 3.73. The zero-order valence-electron chi connectivity index (χ0n) is 7.92. The van der Waals surface area contributed by atoms with Crippen molar-refractivity contribution in [2.24, 2.45) is 4.99 Å². The highest BCUT2D eigenvalue weighted by molar-refractivity contribution is 5.86. The van der Waals surface area contributed by atoms with E-state index in [4.69, 9.17) is 5.11 Å². The van der Waals surface area contributed by atoms with E-state index in [-0.39, 0.29) is 0 Å². The first-order chi connectivity index (χ1) is 6.24. The van der Waals surface area contributed by atoms with Crippen molar-refractivity contribution in [1.82, 2.24) is 5.32 Å². The summed E-state index contributed by atoms with van der Waals surface area (Å²) in [4.78, 5) is 14.9. The lowest BCUT2D eigenvalue weighted by atomic mass is 10.2. The van der Waals surface area contributed by atoms with E-state index in [9.17, 15) is 4.79 Å². The first-order valence-corrected chi connectivity index (χ1v) is 4.77. The van der Waals surface area contributed by atoms with Crippen LogP contribution in [-0.2, 0) is 4.79 Å². The molecule has 4 nitrogen and oxygen atoms in total. The molecule has 0 saturated heterocycles. The van der Waals surface area contributed by atoms with Crippen molar-refractivity contribution in [3.05, 3.63) is 0 Å². The summed E-state index contributed by atoms with van der Waals surface area (Å²) in [5, 5.41) is 12.0. The molecule has 1 heterocycles. The highest BCUT2D eigenvalue weighted by Gasteiger charge is 2.18. The molecule has 1 aliphatic rings. The maximum atomic E-state index is 10.7. The highest BCUT2D eigenvalue weighted by atomic mass is 16.4. The number of rotatable bonds is 3. The molecule has 0 amide bonds. The molecule has 74 valence electrons. The Morgan fingerprint density at radius 2 is 2.54 bits per heavy atom. The Morgan fingerprint density at radius 3 is 3.15 bits per heavy atom. The van der Waals surface area contributed by atoms with Gasteiger partial charge in [-0.2, -0.15) is 0 Å². The predicted molar refractivity (Wildman–Crippen MR) is 51.0 cm³/mol. The molecule has 0 radical (unpaired) electrons. The van der Waals surface area contributed by atoms with Crippen LogP contribution in [0.25, 0.3) is 0 Å². The second kappa shape index (κ2) is 4.84. The predicted octanol–water partition coefficient (Wildman–Crippen LogP) is 1.02. The van der Waals surface area contributed by atoms with E-state index in [2.05, 4.69) is 17.2 Å². The van der Waals surface area contributed by atoms with Crippen molar-refractivity contribution in [2.75, 3.05) is 6.54 Å². The number of aliphatic imine (C=N–C) groups is 1. The minimum absolute atomic E-state index is 0.531. The third-order valence-corrected chi connectivity index (χ3v) is 2.07. The van der Waals surface area contributed by atoms with Gasteiger partial charge >= 0.3 is 5.97 Å². The molecule has 4 heteroatoms. The number of hydrogen-bond acceptors (Lipinski definition) is 3. The van der Waals surface area contributed by atoms with Gasteiger partial charge in [0.1, 0.15) is 6.04 Å². The Bertz CT molecular complexity index is 214. The Morgan fingerprint density at radius 1 is 1.77 bits per heavy atom. The lowest BCUT2D eigenvalue weighted by Gasteiger charge is -2.05. The number of carboxylic acids is 1. The fourth-order valence-electron chi connectivity index (χ4n) is 1.39. The van der Waals surface area contributed by atoms with Gasteiger partial charge in [0.15, 0.2) is 0 Å². The Balaban J connectivity index is 2.62. The van der Waals surface area contributed by atoms with Crippen LogP contribution in [0.2, 0.25) is 0 Å². The Labute approximate surface area is 78.1 Å². The average molecular weight is 184 g/mol. The number of carbonyl (C=O) groups is 1. The molecular weight excluding hydrogens is 168 g/mol. The van der Waals surface area contributed by atoms with Gasteiger partial charge in [0.05, 0.1) is 5.84 Å². The smallest absolute Gasteiger partial charge is 0.328 e. The van der Waals surface area contributed by atoms with Gasteiger partial charge in [-0.25, -0.2) is 4.79 Å². The summed E-state index contributed by atoms with van der Waals surface area (Å²) in [6.45, 7) is 2.91. The van der Waals surface area contributed by atoms with E-state index in [0.29, 0.717) is 6.42 Å². The Hall–Kier alpha value is -1.06. The van der Waals surface area contributed by atoms with Crippen molar-refractivity contribution < 1.29 is 9.90 Å². The van der Waals surface area contributed by atoms with Gasteiger partial charge in [-0.1, -0.05) is 6.92 Å². The number of hydrogen-bond donors (Lipinski definition) is 2. The van der Waals surface area contributed by atoms with Gasteiger partial charge in [-0.05, 0) is 19.3 Å². The second-order valence-electron chi connectivity index (χ2n) is 3.25. The molecule has 0 aliphatic carbocycles. The van der Waals surface area contributed by atoms with Crippen molar-refractivity contribution in [1.29, 1.82) is 0 Å². The summed E-state index contributed by atoms with van der Waals surface area (Å²) >= 11 is 0. The van der Waals surface area contributed by atoms with Crippen molar-refractivity contribution in [2.45, 2.75) is 38.6 Å². The standard InChI is InChI=1S/C9H16N2O2/c1-2-4-8-10-6-3-5-7(11-8)9(12)13/h7H,2-6H2,1H3,(H,10,11)(H,12,13)/t7-/m0/s1. The fraction of sp³-hybridized carbons (Fsp3) is 0.778. The molecule has 0 fully saturated rings. The van der Waals surface area contributed by atoms with Gasteiger partial charge in [0.25, 0.3) is 0 Å². The monoisotopic (exact) mass is 184 g/mol. The topological polar surface area (TPSA) is 61.7 Å². The maximum Gasteiger partial charge on any atom is 0.328 e. The van der Waals surface area contributed by atoms with E-state index in [0.717, 1.165) is 31.6 Å². The average Bonchev–Trinajstić information content (AvgIpc) is 2.30. The molecule has 1 aliphatic heterocycles. The summed E-state index contributed by atoms with van der Waals surface area (Å²) in [5.41, 5.74) is 0. The van der Waals surface area contributed by atoms with Crippen LogP contribution in [0.3, 0.4) is 0 Å². The first kappa shape index (κ1) is 10.0. The van der Waals surface area contributed by atoms with Gasteiger partial charge in [0.2, 0.25) is 0 Å². The molecule has 13 heavy (non-hydrogen) atoms. The molecule has 0 aromatic heterocycles. The van der Waals surface area contributed by atoms with Crippen LogP contribution in [0.1, 0.15) is 32.6 Å². The molecular formula is C9H16N2O2. The number of carboxylic acid groups (broad SMARTS) is 1. The lowest BCUT2D eigenvalue weighted by Crippen LogP contribution is -2.24. The largest absolute Gasteiger partial charge is 0.480 e. The van der Waals surface area contributed by atoms with Crippen LogP contribution in [0, 0.1) is 0 Å².